The van der Waals surface area contributed by atoms with Gasteiger partial charge in [0.15, 0.2) is 0 Å². The molecule has 0 aliphatic carbocycles. The number of carbonyl (C=O) groups excluding carboxylic acids is 1. The van der Waals surface area contributed by atoms with Crippen LogP contribution >= 0.6 is 23.1 Å². The second kappa shape index (κ2) is 6.46. The van der Waals surface area contributed by atoms with Gasteiger partial charge < -0.3 is 15.2 Å². The number of nitrogens with one attached hydrogen (secondary N) is 1. The van der Waals surface area contributed by atoms with E-state index in [1.54, 1.807) is 12.3 Å². The lowest BCUT2D eigenvalue weighted by molar-refractivity contribution is -0.135. The Morgan fingerprint density at radius 1 is 1.56 bits per heavy atom. The third-order valence-electron chi connectivity index (χ3n) is 2.01. The molecule has 1 rings (SSSR count). The van der Waals surface area contributed by atoms with Crippen molar-refractivity contribution in [2.75, 3.05) is 18.7 Å². The van der Waals surface area contributed by atoms with Crippen LogP contribution in [0.4, 0.5) is 5.69 Å². The van der Waals surface area contributed by atoms with Gasteiger partial charge in [0.1, 0.15) is 9.78 Å². The molecule has 0 fully saturated rings. The molecule has 5 nitrogen and oxygen atoms in total. The predicted octanol–water partition coefficient (Wildman–Crippen LogP) is 2.54. The van der Waals surface area contributed by atoms with Crippen molar-refractivity contribution in [3.05, 3.63) is 26.9 Å². The van der Waals surface area contributed by atoms with E-state index >= 15 is 0 Å². The van der Waals surface area contributed by atoms with Crippen molar-refractivity contribution in [2.24, 2.45) is 0 Å². The number of carboxylic acids is 1. The molecule has 0 aromatic carbocycles. The zero-order valence-corrected chi connectivity index (χ0v) is 11.8. The zero-order valence-electron chi connectivity index (χ0n) is 10.1. The molecule has 0 aliphatic heterocycles. The van der Waals surface area contributed by atoms with E-state index in [0.717, 1.165) is 4.88 Å². The molecule has 0 saturated carbocycles. The summed E-state index contributed by atoms with van der Waals surface area (Å²) in [5.41, 5.74) is 0.473. The van der Waals surface area contributed by atoms with Gasteiger partial charge in [-0.3, -0.25) is 0 Å². The number of methoxy groups -OCH3 is 1. The maximum atomic E-state index is 11.3. The van der Waals surface area contributed by atoms with Crippen LogP contribution in [0.1, 0.15) is 14.5 Å². The van der Waals surface area contributed by atoms with Gasteiger partial charge in [-0.2, -0.15) is 0 Å². The first-order valence-electron chi connectivity index (χ1n) is 4.92. The van der Waals surface area contributed by atoms with E-state index in [0.29, 0.717) is 10.6 Å². The van der Waals surface area contributed by atoms with Gasteiger partial charge in [-0.05, 0) is 19.2 Å². The number of aromatic carboxylic acids is 1. The summed E-state index contributed by atoms with van der Waals surface area (Å²) in [6.45, 7) is 1.82. The van der Waals surface area contributed by atoms with Gasteiger partial charge in [-0.1, -0.05) is 0 Å². The molecule has 1 aromatic rings. The van der Waals surface area contributed by atoms with Crippen molar-refractivity contribution in [2.45, 2.75) is 6.92 Å². The first-order valence-corrected chi connectivity index (χ1v) is 6.96. The monoisotopic (exact) mass is 287 g/mol. The van der Waals surface area contributed by atoms with Crippen molar-refractivity contribution in [3.63, 3.8) is 0 Å². The number of aryl methyl sites for hydroxylation is 1. The van der Waals surface area contributed by atoms with E-state index in [9.17, 15) is 9.59 Å². The van der Waals surface area contributed by atoms with Crippen molar-refractivity contribution in [1.82, 2.24) is 0 Å². The quantitative estimate of drug-likeness (QED) is 0.640. The number of carbonyl (C=O) groups is 2. The van der Waals surface area contributed by atoms with Crippen LogP contribution in [0.5, 0.6) is 0 Å². The first kappa shape index (κ1) is 14.6. The molecule has 98 valence electrons. The van der Waals surface area contributed by atoms with Crippen molar-refractivity contribution in [3.8, 4) is 0 Å². The summed E-state index contributed by atoms with van der Waals surface area (Å²) in [5.74, 6) is -1.45. The van der Waals surface area contributed by atoms with Gasteiger partial charge in [0, 0.05) is 11.1 Å². The van der Waals surface area contributed by atoms with Crippen molar-refractivity contribution in [1.29, 1.82) is 0 Å². The van der Waals surface area contributed by atoms with Crippen LogP contribution in [0, 0.1) is 6.92 Å². The molecule has 0 radical (unpaired) electrons. The van der Waals surface area contributed by atoms with E-state index in [4.69, 9.17) is 5.11 Å². The van der Waals surface area contributed by atoms with Crippen LogP contribution in [0.25, 0.3) is 0 Å². The topological polar surface area (TPSA) is 75.6 Å². The van der Waals surface area contributed by atoms with E-state index in [2.05, 4.69) is 10.1 Å². The molecule has 0 atom stereocenters. The highest BCUT2D eigenvalue weighted by Crippen LogP contribution is 2.27. The number of rotatable bonds is 5. The van der Waals surface area contributed by atoms with Crippen LogP contribution in [-0.4, -0.2) is 30.4 Å². The third-order valence-corrected chi connectivity index (χ3v) is 3.78. The molecule has 2 N–H and O–H groups in total. The number of carboxylic acid groups (broad SMARTS) is 1. The molecule has 0 aliphatic rings. The highest BCUT2D eigenvalue weighted by atomic mass is 32.2. The largest absolute Gasteiger partial charge is 0.477 e. The van der Waals surface area contributed by atoms with Gasteiger partial charge in [0.05, 0.1) is 12.8 Å². The number of ether oxygens (including phenoxy) is 1. The van der Waals surface area contributed by atoms with E-state index in [-0.39, 0.29) is 4.88 Å². The summed E-state index contributed by atoms with van der Waals surface area (Å²) in [6, 6.07) is 1.72. The Bertz CT molecular complexity index is 493. The van der Waals surface area contributed by atoms with Crippen LogP contribution in [-0.2, 0) is 9.53 Å². The van der Waals surface area contributed by atoms with Crippen LogP contribution in [0.3, 0.4) is 0 Å². The zero-order chi connectivity index (χ0) is 13.7. The van der Waals surface area contributed by atoms with Gasteiger partial charge in [-0.25, -0.2) is 9.59 Å². The standard InChI is InChI=1S/C11H13NO4S2/c1-6-4-7(9(18-6)10(13)14)12-5-8(17-3)11(15)16-2/h4-5,12H,1-3H3,(H,13,14)/b8-5-. The van der Waals surface area contributed by atoms with Gasteiger partial charge >= 0.3 is 11.9 Å². The first-order chi connectivity index (χ1) is 8.49. The maximum absolute atomic E-state index is 11.3. The molecule has 0 unspecified atom stereocenters. The summed E-state index contributed by atoms with van der Waals surface area (Å²) in [7, 11) is 1.30. The summed E-state index contributed by atoms with van der Waals surface area (Å²) in [6.07, 6.45) is 3.19. The molecule has 0 spiro atoms. The van der Waals surface area contributed by atoms with Crippen molar-refractivity contribution < 1.29 is 19.4 Å². The second-order valence-corrected chi connectivity index (χ2v) is 5.36. The Hall–Kier alpha value is -1.47. The van der Waals surface area contributed by atoms with Crippen LogP contribution in [0.2, 0.25) is 0 Å². The Morgan fingerprint density at radius 2 is 2.22 bits per heavy atom. The maximum Gasteiger partial charge on any atom is 0.348 e. The van der Waals surface area contributed by atoms with Crippen LogP contribution < -0.4 is 5.32 Å². The lowest BCUT2D eigenvalue weighted by Gasteiger charge is -2.03. The van der Waals surface area contributed by atoms with E-state index in [1.807, 2.05) is 6.92 Å². The summed E-state index contributed by atoms with van der Waals surface area (Å²) < 4.78 is 4.59. The second-order valence-electron chi connectivity index (χ2n) is 3.25. The highest BCUT2D eigenvalue weighted by Gasteiger charge is 2.14. The summed E-state index contributed by atoms with van der Waals surface area (Å²) in [4.78, 5) is 23.8. The molecule has 18 heavy (non-hydrogen) atoms. The fourth-order valence-electron chi connectivity index (χ4n) is 1.23. The average molecular weight is 287 g/mol. The number of esters is 1. The lowest BCUT2D eigenvalue weighted by atomic mass is 10.3. The Morgan fingerprint density at radius 3 is 2.72 bits per heavy atom. The van der Waals surface area contributed by atoms with Crippen molar-refractivity contribution >= 4 is 40.7 Å². The predicted molar refractivity (Wildman–Crippen MR) is 73.3 cm³/mol. The number of thioether (sulfide) groups is 1. The summed E-state index contributed by atoms with van der Waals surface area (Å²) in [5, 5.41) is 11.8. The molecular formula is C11H13NO4S2. The number of thiophene rings is 1. The molecule has 0 saturated heterocycles. The van der Waals surface area contributed by atoms with Crippen LogP contribution in [0.15, 0.2) is 17.2 Å². The SMILES string of the molecule is COC(=O)/C(=C/Nc1cc(C)sc1C(=O)O)SC. The summed E-state index contributed by atoms with van der Waals surface area (Å²) >= 11 is 2.40. The van der Waals surface area contributed by atoms with Gasteiger partial charge in [-0.15, -0.1) is 23.1 Å². The minimum atomic E-state index is -0.993. The van der Waals surface area contributed by atoms with E-state index < -0.39 is 11.9 Å². The normalized spacial score (nSPS) is 11.2. The Balaban J connectivity index is 2.94. The fourth-order valence-corrected chi connectivity index (χ4v) is 2.47. The third kappa shape index (κ3) is 3.51. The van der Waals surface area contributed by atoms with Gasteiger partial charge in [0.25, 0.3) is 0 Å². The van der Waals surface area contributed by atoms with E-state index in [1.165, 1.54) is 36.4 Å². The highest BCUT2D eigenvalue weighted by molar-refractivity contribution is 8.03. The number of hydrogen-bond acceptors (Lipinski definition) is 6. The molecule has 0 amide bonds. The Labute approximate surface area is 113 Å². The number of anilines is 1. The molecule has 1 heterocycles. The minimum Gasteiger partial charge on any atom is -0.477 e. The number of hydrogen-bond donors (Lipinski definition) is 2. The molecule has 1 aromatic heterocycles. The molecular weight excluding hydrogens is 274 g/mol. The smallest absolute Gasteiger partial charge is 0.348 e. The minimum absolute atomic E-state index is 0.217. The molecule has 7 heteroatoms. The fraction of sp³-hybridized carbons (Fsp3) is 0.273. The lowest BCUT2D eigenvalue weighted by Crippen LogP contribution is -2.04. The van der Waals surface area contributed by atoms with Gasteiger partial charge in [0.2, 0.25) is 0 Å². The molecule has 0 bridgehead atoms. The average Bonchev–Trinajstić information content (AvgIpc) is 2.71. The Kier molecular flexibility index (Phi) is 5.24.